The van der Waals surface area contributed by atoms with Gasteiger partial charge in [0.15, 0.2) is 16.7 Å². The van der Waals surface area contributed by atoms with Gasteiger partial charge in [0.05, 0.1) is 12.1 Å². The lowest BCUT2D eigenvalue weighted by Gasteiger charge is -2.12. The molecule has 0 saturated carbocycles. The largest absolute Gasteiger partial charge is 0.481 e. The normalized spacial score (nSPS) is 10.7. The number of thiazole rings is 1. The smallest absolute Gasteiger partial charge is 0.304 e. The molecule has 6 nitrogen and oxygen atoms in total. The zero-order valence-corrected chi connectivity index (χ0v) is 19.7. The molecule has 174 valence electrons. The number of carboxylic acid groups (broad SMARTS) is 1. The molecular weight excluding hydrogens is 473 g/mol. The minimum absolute atomic E-state index is 0.0453. The number of aromatic nitrogens is 2. The Morgan fingerprint density at radius 3 is 2.68 bits per heavy atom. The molecule has 2 heterocycles. The Morgan fingerprint density at radius 2 is 1.91 bits per heavy atom. The molecule has 2 aromatic heterocycles. The lowest BCUT2D eigenvalue weighted by atomic mass is 10.1. The van der Waals surface area contributed by atoms with Gasteiger partial charge in [-0.1, -0.05) is 30.3 Å². The molecule has 0 atom stereocenters. The molecule has 0 unspecified atom stereocenters. The Hall–Kier alpha value is -3.43. The quantitative estimate of drug-likeness (QED) is 0.228. The highest BCUT2D eigenvalue weighted by Gasteiger charge is 2.12. The number of hydrogen-bond acceptors (Lipinski definition) is 7. The van der Waals surface area contributed by atoms with Crippen molar-refractivity contribution in [1.29, 1.82) is 0 Å². The summed E-state index contributed by atoms with van der Waals surface area (Å²) in [5, 5.41) is 14.8. The van der Waals surface area contributed by atoms with Crippen molar-refractivity contribution in [3.8, 4) is 11.5 Å². The van der Waals surface area contributed by atoms with Gasteiger partial charge in [-0.2, -0.15) is 0 Å². The minimum atomic E-state index is -0.853. The van der Waals surface area contributed by atoms with Gasteiger partial charge < -0.3 is 15.2 Å². The molecule has 2 aromatic carbocycles. The third-order valence-corrected chi connectivity index (χ3v) is 6.51. The van der Waals surface area contributed by atoms with E-state index >= 15 is 0 Å². The van der Waals surface area contributed by atoms with E-state index in [9.17, 15) is 9.18 Å². The van der Waals surface area contributed by atoms with E-state index in [-0.39, 0.29) is 12.2 Å². The number of pyridine rings is 1. The summed E-state index contributed by atoms with van der Waals surface area (Å²) in [6, 6.07) is 17.8. The van der Waals surface area contributed by atoms with Crippen LogP contribution in [0.15, 0.2) is 77.1 Å². The first kappa shape index (κ1) is 23.7. The van der Waals surface area contributed by atoms with Crippen LogP contribution >= 0.6 is 23.1 Å². The average molecular weight is 496 g/mol. The third-order valence-electron chi connectivity index (χ3n) is 4.74. The van der Waals surface area contributed by atoms with Crippen molar-refractivity contribution in [2.75, 3.05) is 11.1 Å². The predicted octanol–water partition coefficient (Wildman–Crippen LogP) is 6.57. The van der Waals surface area contributed by atoms with E-state index < -0.39 is 5.97 Å². The Balaban J connectivity index is 1.48. The molecule has 0 radical (unpaired) electrons. The van der Waals surface area contributed by atoms with Crippen molar-refractivity contribution in [2.45, 2.75) is 24.2 Å². The average Bonchev–Trinajstić information content (AvgIpc) is 3.28. The van der Waals surface area contributed by atoms with E-state index in [0.717, 1.165) is 23.4 Å². The molecule has 0 aliphatic rings. The fourth-order valence-corrected chi connectivity index (χ4v) is 4.63. The SMILES string of the molecule is O=C(O)CCSc1cnc(Nc2nc(CCc3ccccc3)cs2)c(Oc2ccc(F)cc2)c1. The number of aliphatic carboxylic acids is 1. The van der Waals surface area contributed by atoms with Crippen LogP contribution in [0.5, 0.6) is 11.5 Å². The van der Waals surface area contributed by atoms with Crippen LogP contribution in [0.1, 0.15) is 17.7 Å². The van der Waals surface area contributed by atoms with Crippen LogP contribution in [0.3, 0.4) is 0 Å². The van der Waals surface area contributed by atoms with Gasteiger partial charge in [-0.15, -0.1) is 23.1 Å². The van der Waals surface area contributed by atoms with Gasteiger partial charge in [-0.3, -0.25) is 4.79 Å². The molecule has 34 heavy (non-hydrogen) atoms. The first-order valence-electron chi connectivity index (χ1n) is 10.6. The number of carbonyl (C=O) groups is 1. The van der Waals surface area contributed by atoms with E-state index in [4.69, 9.17) is 9.84 Å². The topological polar surface area (TPSA) is 84.3 Å². The van der Waals surface area contributed by atoms with Gasteiger partial charge in [-0.05, 0) is 48.7 Å². The summed E-state index contributed by atoms with van der Waals surface area (Å²) >= 11 is 2.86. The maximum absolute atomic E-state index is 13.3. The van der Waals surface area contributed by atoms with Gasteiger partial charge in [0.2, 0.25) is 0 Å². The molecule has 9 heteroatoms. The second-order valence-corrected chi connectivity index (χ2v) is 9.35. The standard InChI is InChI=1S/C25H22FN3O3S2/c26-18-7-10-20(11-8-18)32-22-14-21(33-13-12-23(30)31)15-27-24(22)29-25-28-19(16-34-25)9-6-17-4-2-1-3-5-17/h1-5,7-8,10-11,14-16H,6,9,12-13H2,(H,30,31)(H,27,28,29). The minimum Gasteiger partial charge on any atom is -0.481 e. The van der Waals surface area contributed by atoms with Gasteiger partial charge in [0, 0.05) is 22.2 Å². The number of hydrogen-bond donors (Lipinski definition) is 2. The number of benzene rings is 2. The monoisotopic (exact) mass is 495 g/mol. The van der Waals surface area contributed by atoms with Gasteiger partial charge >= 0.3 is 5.97 Å². The summed E-state index contributed by atoms with van der Waals surface area (Å²) in [5.41, 5.74) is 2.25. The fraction of sp³-hybridized carbons (Fsp3) is 0.160. The highest BCUT2D eigenvalue weighted by molar-refractivity contribution is 7.99. The third kappa shape index (κ3) is 7.03. The number of anilines is 2. The molecule has 4 rings (SSSR count). The number of carboxylic acids is 1. The van der Waals surface area contributed by atoms with Crippen LogP contribution in [0.4, 0.5) is 15.3 Å². The second kappa shape index (κ2) is 11.6. The van der Waals surface area contributed by atoms with Crippen molar-refractivity contribution in [3.63, 3.8) is 0 Å². The van der Waals surface area contributed by atoms with Crippen LogP contribution in [0.2, 0.25) is 0 Å². The van der Waals surface area contributed by atoms with Crippen molar-refractivity contribution in [2.24, 2.45) is 0 Å². The van der Waals surface area contributed by atoms with Gasteiger partial charge in [-0.25, -0.2) is 14.4 Å². The van der Waals surface area contributed by atoms with Crippen molar-refractivity contribution in [3.05, 3.63) is 89.3 Å². The number of thioether (sulfide) groups is 1. The zero-order valence-electron chi connectivity index (χ0n) is 18.1. The van der Waals surface area contributed by atoms with Crippen molar-refractivity contribution >= 4 is 40.0 Å². The summed E-state index contributed by atoms with van der Waals surface area (Å²) in [4.78, 5) is 20.7. The van der Waals surface area contributed by atoms with E-state index in [1.165, 1.54) is 52.9 Å². The van der Waals surface area contributed by atoms with Crippen LogP contribution in [0.25, 0.3) is 0 Å². The number of aryl methyl sites for hydroxylation is 2. The number of rotatable bonds is 11. The van der Waals surface area contributed by atoms with Crippen LogP contribution < -0.4 is 10.1 Å². The highest BCUT2D eigenvalue weighted by Crippen LogP contribution is 2.34. The zero-order chi connectivity index (χ0) is 23.8. The summed E-state index contributed by atoms with van der Waals surface area (Å²) in [7, 11) is 0. The number of halogens is 1. The Bertz CT molecular complexity index is 1230. The molecule has 0 fully saturated rings. The van der Waals surface area contributed by atoms with Gasteiger partial charge in [0.25, 0.3) is 0 Å². The summed E-state index contributed by atoms with van der Waals surface area (Å²) in [6.45, 7) is 0. The van der Waals surface area contributed by atoms with Crippen molar-refractivity contribution in [1.82, 2.24) is 9.97 Å². The number of nitrogens with one attached hydrogen (secondary N) is 1. The predicted molar refractivity (Wildman–Crippen MR) is 133 cm³/mol. The molecule has 2 N–H and O–H groups in total. The maximum Gasteiger partial charge on any atom is 0.304 e. The number of nitrogens with zero attached hydrogens (tertiary/aromatic N) is 2. The van der Waals surface area contributed by atoms with E-state index in [2.05, 4.69) is 27.4 Å². The Kier molecular flexibility index (Phi) is 8.11. The Labute approximate surface area is 204 Å². The lowest BCUT2D eigenvalue weighted by Crippen LogP contribution is -1.99. The number of ether oxygens (including phenoxy) is 1. The molecule has 0 spiro atoms. The summed E-state index contributed by atoms with van der Waals surface area (Å²) in [6.07, 6.45) is 3.44. The molecule has 0 aliphatic heterocycles. The van der Waals surface area contributed by atoms with E-state index in [1.54, 1.807) is 12.3 Å². The molecule has 0 amide bonds. The second-order valence-electron chi connectivity index (χ2n) is 7.32. The first-order chi connectivity index (χ1) is 16.5. The van der Waals surface area contributed by atoms with Crippen molar-refractivity contribution < 1.29 is 19.0 Å². The molecule has 0 aliphatic carbocycles. The lowest BCUT2D eigenvalue weighted by molar-refractivity contribution is -0.136. The molecule has 0 bridgehead atoms. The van der Waals surface area contributed by atoms with E-state index in [0.29, 0.717) is 28.2 Å². The first-order valence-corrected chi connectivity index (χ1v) is 12.4. The Morgan fingerprint density at radius 1 is 1.12 bits per heavy atom. The van der Waals surface area contributed by atoms with Gasteiger partial charge in [0.1, 0.15) is 11.6 Å². The molecular formula is C25H22FN3O3S2. The molecule has 4 aromatic rings. The maximum atomic E-state index is 13.3. The van der Waals surface area contributed by atoms with Crippen LogP contribution in [-0.4, -0.2) is 26.8 Å². The fourth-order valence-electron chi connectivity index (χ4n) is 3.06. The summed E-state index contributed by atoms with van der Waals surface area (Å²) in [5.74, 6) is 0.572. The highest BCUT2D eigenvalue weighted by atomic mass is 32.2. The van der Waals surface area contributed by atoms with Crippen LogP contribution in [0, 0.1) is 5.82 Å². The van der Waals surface area contributed by atoms with E-state index in [1.807, 2.05) is 23.6 Å². The van der Waals surface area contributed by atoms with Crippen LogP contribution in [-0.2, 0) is 17.6 Å². The summed E-state index contributed by atoms with van der Waals surface area (Å²) < 4.78 is 19.3. The molecule has 0 saturated heterocycles.